The number of hydrogen-bond acceptors (Lipinski definition) is 10. The number of aromatic nitrogens is 3. The lowest BCUT2D eigenvalue weighted by molar-refractivity contribution is 0.0962. The van der Waals surface area contributed by atoms with Crippen molar-refractivity contribution < 1.29 is 33.9 Å². The van der Waals surface area contributed by atoms with E-state index < -0.39 is 0 Å². The van der Waals surface area contributed by atoms with Crippen LogP contribution in [-0.2, 0) is 19.6 Å². The van der Waals surface area contributed by atoms with Crippen LogP contribution in [0.3, 0.4) is 0 Å². The van der Waals surface area contributed by atoms with Crippen LogP contribution in [0.4, 0.5) is 0 Å². The second-order valence-electron chi connectivity index (χ2n) is 24.0. The summed E-state index contributed by atoms with van der Waals surface area (Å²) >= 11 is 0. The van der Waals surface area contributed by atoms with Crippen LogP contribution < -0.4 is 0 Å². The smallest absolute Gasteiger partial charge is 0.165 e. The zero-order valence-corrected chi connectivity index (χ0v) is 52.5. The zero-order valence-electron chi connectivity index (χ0n) is 52.5. The van der Waals surface area contributed by atoms with Crippen molar-refractivity contribution in [2.45, 2.75) is 133 Å². The maximum Gasteiger partial charge on any atom is 0.165 e. The Morgan fingerprint density at radius 3 is 1.30 bits per heavy atom. The summed E-state index contributed by atoms with van der Waals surface area (Å²) < 4.78 is 6.86. The molecule has 1 N–H and O–H groups in total. The first-order chi connectivity index (χ1) is 41.4. The summed E-state index contributed by atoms with van der Waals surface area (Å²) in [5, 5.41) is 16.5. The van der Waals surface area contributed by atoms with Crippen molar-refractivity contribution in [3.63, 3.8) is 0 Å². The van der Waals surface area contributed by atoms with Gasteiger partial charge >= 0.3 is 0 Å². The molecule has 0 radical (unpaired) electrons. The SMILES string of the molecule is CCC(=O)c1ccc2c(c1)c1cc(C(=O)CC)ccc1n2CCCN(C)C.CCCN(CC)CCn1c2ccc(C(C)=O)cc2c2cc(C(C)=O)c(O)cc21.CCN(CC)CCn1c2ccc(C(=O)CC3CC3)cc2c2cc(C(=O)C3CC3)ccc21. The summed E-state index contributed by atoms with van der Waals surface area (Å²) in [5.41, 5.74) is 10.5. The monoisotopic (exact) mass is 1160 g/mol. The predicted molar refractivity (Wildman–Crippen MR) is 351 cm³/mol. The lowest BCUT2D eigenvalue weighted by Crippen LogP contribution is -2.28. The summed E-state index contributed by atoms with van der Waals surface area (Å²) in [5.74, 6) is 1.43. The quantitative estimate of drug-likeness (QED) is 0.0520. The summed E-state index contributed by atoms with van der Waals surface area (Å²) in [6.45, 7) is 25.1. The van der Waals surface area contributed by atoms with Crippen molar-refractivity contribution in [3.05, 3.63) is 137 Å². The van der Waals surface area contributed by atoms with Crippen LogP contribution in [0.1, 0.15) is 175 Å². The highest BCUT2D eigenvalue weighted by atomic mass is 16.3. The van der Waals surface area contributed by atoms with E-state index in [2.05, 4.69) is 107 Å². The van der Waals surface area contributed by atoms with Gasteiger partial charge in [-0.2, -0.15) is 0 Å². The lowest BCUT2D eigenvalue weighted by Gasteiger charge is -2.20. The Hall–Kier alpha value is -7.58. The number of aryl methyl sites for hydroxylation is 1. The van der Waals surface area contributed by atoms with Gasteiger partial charge in [0.15, 0.2) is 34.7 Å². The molecule has 11 rings (SSSR count). The number of carbonyl (C=O) groups is 6. The van der Waals surface area contributed by atoms with Crippen molar-refractivity contribution >= 4 is 100 Å². The molecule has 0 aliphatic heterocycles. The standard InChI is InChI=1S/C27H32N2O2.C23H28N2O3.C23H28N2O2/c1-3-28(4-2)13-14-29-24-11-9-20(26(30)15-18-5-6-18)16-22(24)23-17-21(10-12-25(23)29)27(31)19-7-8-19;1-5-9-24(6-2)10-11-25-21-8-7-17(15(3)26)12-19(21)20-13-18(16(4)27)23(28)14-22(20)25;1-5-22(26)16-8-10-20-18(14-16)19-15-17(23(27)6-2)9-11-21(19)25(20)13-7-12-24(3)4/h9-12,16-19H,3-8,13-15H2,1-2H3;7-8,12-14,28H,5-6,9-11H2,1-4H3;8-11,14-15H,5-7,12-13H2,1-4H3. The fourth-order valence-electron chi connectivity index (χ4n) is 12.2. The number of rotatable bonds is 26. The molecule has 0 bridgehead atoms. The van der Waals surface area contributed by atoms with Gasteiger partial charge in [-0.3, -0.25) is 28.8 Å². The van der Waals surface area contributed by atoms with Crippen LogP contribution in [0.15, 0.2) is 103 Å². The Labute approximate surface area is 506 Å². The third kappa shape index (κ3) is 14.0. The summed E-state index contributed by atoms with van der Waals surface area (Å²) in [6, 6.07) is 33.4. The molecule has 6 aromatic carbocycles. The molecule has 2 aliphatic rings. The van der Waals surface area contributed by atoms with E-state index in [1.165, 1.54) is 19.8 Å². The molecule has 0 spiro atoms. The van der Waals surface area contributed by atoms with Gasteiger partial charge in [-0.15, -0.1) is 0 Å². The third-order valence-corrected chi connectivity index (χ3v) is 17.7. The number of phenolic OH excluding ortho intramolecular Hbond substituents is 1. The van der Waals surface area contributed by atoms with Gasteiger partial charge in [0.1, 0.15) is 5.75 Å². The average molecular weight is 1160 g/mol. The number of hydrogen-bond donors (Lipinski definition) is 1. The minimum absolute atomic E-state index is 0.00301. The van der Waals surface area contributed by atoms with E-state index in [4.69, 9.17) is 0 Å². The van der Waals surface area contributed by atoms with Crippen LogP contribution in [-0.4, -0.2) is 128 Å². The highest BCUT2D eigenvalue weighted by molar-refractivity contribution is 6.16. The molecule has 0 unspecified atom stereocenters. The number of aromatic hydroxyl groups is 1. The molecule has 3 heterocycles. The number of carbonyl (C=O) groups excluding carboxylic acids is 6. The minimum atomic E-state index is -0.178. The van der Waals surface area contributed by atoms with Gasteiger partial charge in [0.25, 0.3) is 0 Å². The molecule has 2 saturated carbocycles. The second-order valence-corrected chi connectivity index (χ2v) is 24.0. The maximum atomic E-state index is 12.8. The second kappa shape index (κ2) is 27.8. The van der Waals surface area contributed by atoms with Crippen LogP contribution in [0, 0.1) is 11.8 Å². The van der Waals surface area contributed by atoms with Crippen molar-refractivity contribution in [1.82, 2.24) is 28.4 Å². The third-order valence-electron chi connectivity index (χ3n) is 17.7. The van der Waals surface area contributed by atoms with E-state index in [-0.39, 0.29) is 46.4 Å². The highest BCUT2D eigenvalue weighted by Crippen LogP contribution is 2.39. The fraction of sp³-hybridized carbons (Fsp3) is 0.425. The van der Waals surface area contributed by atoms with Gasteiger partial charge in [-0.25, -0.2) is 0 Å². The van der Waals surface area contributed by atoms with Crippen molar-refractivity contribution in [2.75, 3.05) is 59.9 Å². The molecule has 9 aromatic rings. The van der Waals surface area contributed by atoms with E-state index in [0.717, 1.165) is 179 Å². The molecule has 13 nitrogen and oxygen atoms in total. The van der Waals surface area contributed by atoms with E-state index in [1.807, 2.05) is 68.4 Å². The molecule has 0 atom stereocenters. The first-order valence-corrected chi connectivity index (χ1v) is 31.6. The Kier molecular flexibility index (Phi) is 20.4. The van der Waals surface area contributed by atoms with Crippen LogP contribution in [0.5, 0.6) is 5.75 Å². The normalized spacial score (nSPS) is 13.4. The first kappa shape index (κ1) is 62.9. The van der Waals surface area contributed by atoms with E-state index in [1.54, 1.807) is 19.1 Å². The van der Waals surface area contributed by atoms with Gasteiger partial charge in [0, 0.05) is 152 Å². The molecular formula is C73H88N6O7. The summed E-state index contributed by atoms with van der Waals surface area (Å²) in [7, 11) is 4.16. The molecule has 3 aromatic heterocycles. The Bertz CT molecular complexity index is 3940. The topological polar surface area (TPSA) is 147 Å². The molecular weight excluding hydrogens is 1070 g/mol. The zero-order chi connectivity index (χ0) is 61.5. The minimum Gasteiger partial charge on any atom is -0.507 e. The van der Waals surface area contributed by atoms with E-state index >= 15 is 0 Å². The molecule has 452 valence electrons. The van der Waals surface area contributed by atoms with E-state index in [9.17, 15) is 33.9 Å². The summed E-state index contributed by atoms with van der Waals surface area (Å²) in [6.07, 6.45) is 8.20. The molecule has 13 heteroatoms. The van der Waals surface area contributed by atoms with Gasteiger partial charge in [0.2, 0.25) is 0 Å². The predicted octanol–water partition coefficient (Wildman–Crippen LogP) is 15.3. The molecule has 0 amide bonds. The first-order valence-electron chi connectivity index (χ1n) is 31.6. The van der Waals surface area contributed by atoms with Crippen molar-refractivity contribution in [1.29, 1.82) is 0 Å². The molecule has 2 aliphatic carbocycles. The highest BCUT2D eigenvalue weighted by Gasteiger charge is 2.31. The number of Topliss-reactive ketones (excluding diaryl/α,β-unsaturated/α-hetero) is 6. The van der Waals surface area contributed by atoms with Gasteiger partial charge in [-0.05, 0) is 202 Å². The Morgan fingerprint density at radius 2 is 0.872 bits per heavy atom. The average Bonchev–Trinajstić information content (AvgIpc) is 2.22. The maximum absolute atomic E-state index is 12.8. The largest absolute Gasteiger partial charge is 0.507 e. The van der Waals surface area contributed by atoms with Crippen molar-refractivity contribution in [3.8, 4) is 5.75 Å². The summed E-state index contributed by atoms with van der Waals surface area (Å²) in [4.78, 5) is 80.7. The molecule has 2 fully saturated rings. The number of nitrogens with zero attached hydrogens (tertiary/aromatic N) is 6. The molecule has 86 heavy (non-hydrogen) atoms. The van der Waals surface area contributed by atoms with Gasteiger partial charge in [-0.1, -0.05) is 41.5 Å². The van der Waals surface area contributed by atoms with Crippen LogP contribution in [0.25, 0.3) is 65.4 Å². The number of benzene rings is 6. The van der Waals surface area contributed by atoms with Crippen LogP contribution in [0.2, 0.25) is 0 Å². The van der Waals surface area contributed by atoms with Crippen molar-refractivity contribution in [2.24, 2.45) is 11.8 Å². The number of phenols is 1. The fourth-order valence-corrected chi connectivity index (χ4v) is 12.2. The lowest BCUT2D eigenvalue weighted by atomic mass is 10.0. The number of likely N-dealkylation sites (N-methyl/N-ethyl adjacent to an activating group) is 2. The number of fused-ring (bicyclic) bond motifs is 9. The van der Waals surface area contributed by atoms with Gasteiger partial charge < -0.3 is 33.5 Å². The van der Waals surface area contributed by atoms with Gasteiger partial charge in [0.05, 0.1) is 11.1 Å². The Morgan fingerprint density at radius 1 is 0.453 bits per heavy atom. The van der Waals surface area contributed by atoms with Crippen LogP contribution >= 0.6 is 0 Å². The van der Waals surface area contributed by atoms with E-state index in [0.29, 0.717) is 36.3 Å². The Balaban J connectivity index is 0.000000155. The number of ketones is 6. The molecule has 0 saturated heterocycles.